The van der Waals surface area contributed by atoms with Gasteiger partial charge in [-0.15, -0.1) is 0 Å². The molecule has 266 valence electrons. The molecule has 0 fully saturated rings. The predicted octanol–water partition coefficient (Wildman–Crippen LogP) is 14.0. The minimum atomic E-state index is 0.596. The first-order valence-corrected chi connectivity index (χ1v) is 19.2. The Morgan fingerprint density at radius 2 is 0.772 bits per heavy atom. The highest BCUT2D eigenvalue weighted by atomic mass is 16.5. The molecular formula is C53H33N3O. The molecule has 0 atom stereocenters. The number of hydrogen-bond acceptors (Lipinski definition) is 4. The van der Waals surface area contributed by atoms with E-state index in [-0.39, 0.29) is 0 Å². The molecule has 0 unspecified atom stereocenters. The second kappa shape index (κ2) is 13.6. The Bertz CT molecular complexity index is 3140. The molecule has 0 N–H and O–H groups in total. The third kappa shape index (κ3) is 5.92. The number of nitrogens with zero attached hydrogens (tertiary/aromatic N) is 3. The van der Waals surface area contributed by atoms with Crippen LogP contribution < -0.4 is 4.74 Å². The number of benzene rings is 9. The average molecular weight is 728 g/mol. The summed E-state index contributed by atoms with van der Waals surface area (Å²) in [6.45, 7) is 0. The quantitative estimate of drug-likeness (QED) is 0.171. The Morgan fingerprint density at radius 3 is 1.46 bits per heavy atom. The molecule has 0 saturated carbocycles. The zero-order valence-corrected chi connectivity index (χ0v) is 30.8. The molecule has 0 bridgehead atoms. The van der Waals surface area contributed by atoms with Crippen LogP contribution >= 0.6 is 0 Å². The molecule has 1 aliphatic heterocycles. The second-order valence-corrected chi connectivity index (χ2v) is 14.4. The van der Waals surface area contributed by atoms with E-state index in [1.807, 2.05) is 18.2 Å². The van der Waals surface area contributed by atoms with Gasteiger partial charge < -0.3 is 4.74 Å². The molecule has 0 spiro atoms. The summed E-state index contributed by atoms with van der Waals surface area (Å²) in [6, 6.07) is 69.9. The molecule has 9 aromatic carbocycles. The lowest BCUT2D eigenvalue weighted by atomic mass is 9.90. The van der Waals surface area contributed by atoms with Crippen molar-refractivity contribution in [2.45, 2.75) is 0 Å². The van der Waals surface area contributed by atoms with Crippen molar-refractivity contribution in [1.29, 1.82) is 0 Å². The average Bonchev–Trinajstić information content (AvgIpc) is 3.29. The van der Waals surface area contributed by atoms with Crippen molar-refractivity contribution in [3.05, 3.63) is 200 Å². The molecule has 4 heteroatoms. The second-order valence-electron chi connectivity index (χ2n) is 14.4. The lowest BCUT2D eigenvalue weighted by molar-refractivity contribution is 0.487. The maximum Gasteiger partial charge on any atom is 0.164 e. The third-order valence-corrected chi connectivity index (χ3v) is 10.9. The van der Waals surface area contributed by atoms with Crippen molar-refractivity contribution in [3.8, 4) is 90.2 Å². The lowest BCUT2D eigenvalue weighted by Crippen LogP contribution is -2.02. The van der Waals surface area contributed by atoms with Crippen LogP contribution in [0.25, 0.3) is 100 Å². The number of aromatic nitrogens is 3. The summed E-state index contributed by atoms with van der Waals surface area (Å²) in [5.41, 5.74) is 11.8. The third-order valence-electron chi connectivity index (χ3n) is 10.9. The minimum Gasteiger partial charge on any atom is -0.456 e. The Hall–Kier alpha value is -7.69. The lowest BCUT2D eigenvalue weighted by Gasteiger charge is -2.23. The molecule has 57 heavy (non-hydrogen) atoms. The number of ether oxygens (including phenoxy) is 1. The first-order chi connectivity index (χ1) is 28.2. The predicted molar refractivity (Wildman–Crippen MR) is 233 cm³/mol. The fraction of sp³-hybridized carbons (Fsp3) is 0. The maximum absolute atomic E-state index is 6.60. The number of rotatable bonds is 6. The van der Waals surface area contributed by atoms with Crippen LogP contribution in [0.5, 0.6) is 11.5 Å². The van der Waals surface area contributed by atoms with Gasteiger partial charge in [0.2, 0.25) is 0 Å². The van der Waals surface area contributed by atoms with Crippen molar-refractivity contribution in [1.82, 2.24) is 15.0 Å². The van der Waals surface area contributed by atoms with Gasteiger partial charge in [0, 0.05) is 27.6 Å². The van der Waals surface area contributed by atoms with Crippen molar-refractivity contribution < 1.29 is 4.74 Å². The zero-order valence-electron chi connectivity index (χ0n) is 30.8. The van der Waals surface area contributed by atoms with E-state index in [0.717, 1.165) is 72.0 Å². The van der Waals surface area contributed by atoms with Crippen molar-refractivity contribution in [2.24, 2.45) is 0 Å². The van der Waals surface area contributed by atoms with Gasteiger partial charge in [0.05, 0.1) is 0 Å². The van der Waals surface area contributed by atoms with Gasteiger partial charge in [-0.2, -0.15) is 0 Å². The van der Waals surface area contributed by atoms with Crippen LogP contribution in [0.4, 0.5) is 0 Å². The fourth-order valence-corrected chi connectivity index (χ4v) is 8.07. The molecular weight excluding hydrogens is 695 g/mol. The molecule has 10 aromatic rings. The summed E-state index contributed by atoms with van der Waals surface area (Å²) < 4.78 is 6.60. The minimum absolute atomic E-state index is 0.596. The smallest absolute Gasteiger partial charge is 0.164 e. The van der Waals surface area contributed by atoms with E-state index in [1.165, 1.54) is 22.3 Å². The number of hydrogen-bond donors (Lipinski definition) is 0. The van der Waals surface area contributed by atoms with E-state index in [9.17, 15) is 0 Å². The molecule has 1 aromatic heterocycles. The van der Waals surface area contributed by atoms with E-state index in [4.69, 9.17) is 19.7 Å². The van der Waals surface area contributed by atoms with Gasteiger partial charge in [0.25, 0.3) is 0 Å². The van der Waals surface area contributed by atoms with Crippen LogP contribution in [0.2, 0.25) is 0 Å². The summed E-state index contributed by atoms with van der Waals surface area (Å²) in [5.74, 6) is 3.49. The first kappa shape index (κ1) is 32.7. The van der Waals surface area contributed by atoms with E-state index in [1.54, 1.807) is 0 Å². The Kier molecular flexibility index (Phi) is 7.78. The topological polar surface area (TPSA) is 47.9 Å². The van der Waals surface area contributed by atoms with E-state index in [2.05, 4.69) is 182 Å². The molecule has 1 aliphatic rings. The largest absolute Gasteiger partial charge is 0.456 e. The molecule has 2 heterocycles. The SMILES string of the molecule is c1ccc(-c2cccc(-c3nc(-c4ccc5c(c4)-c4cccc6c(-c7ccccc7)ccc(c46)O5)nc(-c4ccc5cc(-c6ccccc6)ccc5c4)n3)c2)cc1. The summed E-state index contributed by atoms with van der Waals surface area (Å²) >= 11 is 0. The highest BCUT2D eigenvalue weighted by Crippen LogP contribution is 2.49. The summed E-state index contributed by atoms with van der Waals surface area (Å²) in [5, 5.41) is 4.53. The molecule has 0 amide bonds. The Labute approximate surface area is 330 Å². The van der Waals surface area contributed by atoms with Crippen LogP contribution in [-0.4, -0.2) is 15.0 Å². The number of fused-ring (bicyclic) bond motifs is 3. The van der Waals surface area contributed by atoms with Gasteiger partial charge in [0.15, 0.2) is 17.5 Å². The van der Waals surface area contributed by atoms with Crippen molar-refractivity contribution >= 4 is 21.5 Å². The summed E-state index contributed by atoms with van der Waals surface area (Å²) in [6.07, 6.45) is 0. The van der Waals surface area contributed by atoms with Gasteiger partial charge in [0.1, 0.15) is 11.5 Å². The molecule has 0 radical (unpaired) electrons. The highest BCUT2D eigenvalue weighted by molar-refractivity contribution is 6.10. The van der Waals surface area contributed by atoms with Crippen LogP contribution in [0, 0.1) is 0 Å². The monoisotopic (exact) mass is 727 g/mol. The standard InChI is InChI=1S/C53H33N3O/c1-4-12-34(13-5-1)37-18-10-19-41(31-37)51-54-52(42-25-24-39-30-38(22-23-40(39)32-42)35-14-6-2-7-15-35)56-53(55-51)43-26-28-48-47(33-43)46-21-11-20-45-44(36-16-8-3-9-17-36)27-29-49(57-48)50(45)46/h1-33H. The zero-order chi connectivity index (χ0) is 37.7. The Morgan fingerprint density at radius 1 is 0.281 bits per heavy atom. The van der Waals surface area contributed by atoms with Crippen molar-refractivity contribution in [2.75, 3.05) is 0 Å². The Balaban J connectivity index is 1.06. The molecule has 4 nitrogen and oxygen atoms in total. The van der Waals surface area contributed by atoms with Gasteiger partial charge >= 0.3 is 0 Å². The van der Waals surface area contributed by atoms with Crippen LogP contribution in [0.3, 0.4) is 0 Å². The molecule has 11 rings (SSSR count). The summed E-state index contributed by atoms with van der Waals surface area (Å²) in [7, 11) is 0. The van der Waals surface area contributed by atoms with Gasteiger partial charge in [-0.1, -0.05) is 158 Å². The molecule has 0 aliphatic carbocycles. The highest BCUT2D eigenvalue weighted by Gasteiger charge is 2.23. The van der Waals surface area contributed by atoms with Crippen LogP contribution in [0.15, 0.2) is 200 Å². The summed E-state index contributed by atoms with van der Waals surface area (Å²) in [4.78, 5) is 15.5. The van der Waals surface area contributed by atoms with Crippen molar-refractivity contribution in [3.63, 3.8) is 0 Å². The molecule has 0 saturated heterocycles. The van der Waals surface area contributed by atoms with E-state index in [0.29, 0.717) is 17.5 Å². The van der Waals surface area contributed by atoms with Gasteiger partial charge in [-0.05, 0) is 97.6 Å². The van der Waals surface area contributed by atoms with Crippen LogP contribution in [-0.2, 0) is 0 Å². The van der Waals surface area contributed by atoms with E-state index >= 15 is 0 Å². The normalized spacial score (nSPS) is 11.6. The fourth-order valence-electron chi connectivity index (χ4n) is 8.07. The van der Waals surface area contributed by atoms with Gasteiger partial charge in [-0.3, -0.25) is 0 Å². The first-order valence-electron chi connectivity index (χ1n) is 19.2. The maximum atomic E-state index is 6.60. The van der Waals surface area contributed by atoms with E-state index < -0.39 is 0 Å². The van der Waals surface area contributed by atoms with Crippen LogP contribution in [0.1, 0.15) is 0 Å². The van der Waals surface area contributed by atoms with Gasteiger partial charge in [-0.25, -0.2) is 15.0 Å².